The SMILES string of the molecule is CNCCC1CCN(C2CCCN(C)CC2)CC1. The summed E-state index contributed by atoms with van der Waals surface area (Å²) in [5, 5.41) is 3.28. The van der Waals surface area contributed by atoms with Crippen molar-refractivity contribution in [2.45, 2.75) is 44.6 Å². The number of nitrogens with zero attached hydrogens (tertiary/aromatic N) is 2. The lowest BCUT2D eigenvalue weighted by molar-refractivity contribution is 0.119. The molecule has 2 rings (SSSR count). The minimum Gasteiger partial charge on any atom is -0.320 e. The summed E-state index contributed by atoms with van der Waals surface area (Å²) in [5.74, 6) is 0.974. The lowest BCUT2D eigenvalue weighted by atomic mass is 9.92. The number of rotatable bonds is 4. The molecule has 0 bridgehead atoms. The lowest BCUT2D eigenvalue weighted by Crippen LogP contribution is -2.42. The van der Waals surface area contributed by atoms with E-state index in [0.29, 0.717) is 0 Å². The summed E-state index contributed by atoms with van der Waals surface area (Å²) in [6.07, 6.45) is 8.42. The van der Waals surface area contributed by atoms with Gasteiger partial charge in [-0.1, -0.05) is 0 Å². The number of hydrogen-bond acceptors (Lipinski definition) is 3. The van der Waals surface area contributed by atoms with Crippen molar-refractivity contribution in [2.24, 2.45) is 5.92 Å². The van der Waals surface area contributed by atoms with Crippen molar-refractivity contribution in [1.82, 2.24) is 15.1 Å². The number of piperidine rings is 1. The van der Waals surface area contributed by atoms with Crippen LogP contribution in [-0.4, -0.2) is 62.7 Å². The first kappa shape index (κ1) is 14.3. The molecular formula is C15H31N3. The minimum absolute atomic E-state index is 0.875. The standard InChI is InChI=1S/C15H31N3/c1-16-9-5-14-6-12-18(13-7-14)15-4-3-10-17(2)11-8-15/h14-16H,3-13H2,1-2H3. The summed E-state index contributed by atoms with van der Waals surface area (Å²) in [4.78, 5) is 5.29. The molecule has 2 saturated heterocycles. The van der Waals surface area contributed by atoms with Gasteiger partial charge in [0, 0.05) is 6.04 Å². The zero-order chi connectivity index (χ0) is 12.8. The third kappa shape index (κ3) is 4.22. The van der Waals surface area contributed by atoms with E-state index in [0.717, 1.165) is 12.0 Å². The molecule has 0 aliphatic carbocycles. The van der Waals surface area contributed by atoms with Crippen LogP contribution in [0.4, 0.5) is 0 Å². The molecule has 1 unspecified atom stereocenters. The first-order valence-electron chi connectivity index (χ1n) is 7.87. The highest BCUT2D eigenvalue weighted by Gasteiger charge is 2.25. The van der Waals surface area contributed by atoms with Crippen LogP contribution >= 0.6 is 0 Å². The van der Waals surface area contributed by atoms with E-state index in [2.05, 4.69) is 29.2 Å². The Kier molecular flexibility index (Phi) is 5.93. The van der Waals surface area contributed by atoms with E-state index >= 15 is 0 Å². The van der Waals surface area contributed by atoms with E-state index in [4.69, 9.17) is 0 Å². The molecule has 1 N–H and O–H groups in total. The Morgan fingerprint density at radius 1 is 1.00 bits per heavy atom. The Balaban J connectivity index is 1.71. The maximum Gasteiger partial charge on any atom is 0.0108 e. The van der Waals surface area contributed by atoms with Crippen LogP contribution in [0.25, 0.3) is 0 Å². The Morgan fingerprint density at radius 2 is 1.78 bits per heavy atom. The van der Waals surface area contributed by atoms with Crippen molar-refractivity contribution < 1.29 is 0 Å². The fourth-order valence-corrected chi connectivity index (χ4v) is 3.54. The number of hydrogen-bond donors (Lipinski definition) is 1. The molecule has 2 aliphatic rings. The molecule has 2 heterocycles. The summed E-state index contributed by atoms with van der Waals surface area (Å²) < 4.78 is 0. The summed E-state index contributed by atoms with van der Waals surface area (Å²) in [6, 6.07) is 0.875. The lowest BCUT2D eigenvalue weighted by Gasteiger charge is -2.37. The molecule has 0 amide bonds. The highest BCUT2D eigenvalue weighted by Crippen LogP contribution is 2.25. The van der Waals surface area contributed by atoms with Crippen molar-refractivity contribution in [3.05, 3.63) is 0 Å². The van der Waals surface area contributed by atoms with Gasteiger partial charge in [-0.2, -0.15) is 0 Å². The van der Waals surface area contributed by atoms with Crippen molar-refractivity contribution in [2.75, 3.05) is 46.8 Å². The van der Waals surface area contributed by atoms with Crippen molar-refractivity contribution in [1.29, 1.82) is 0 Å². The summed E-state index contributed by atoms with van der Waals surface area (Å²) >= 11 is 0. The van der Waals surface area contributed by atoms with E-state index in [1.807, 2.05) is 0 Å². The third-order valence-electron chi connectivity index (χ3n) is 4.89. The molecule has 1 atom stereocenters. The fourth-order valence-electron chi connectivity index (χ4n) is 3.54. The molecule has 0 aromatic carbocycles. The Bertz CT molecular complexity index is 224. The molecular weight excluding hydrogens is 222 g/mol. The smallest absolute Gasteiger partial charge is 0.0108 e. The Hall–Kier alpha value is -0.120. The molecule has 106 valence electrons. The summed E-state index contributed by atoms with van der Waals surface area (Å²) in [6.45, 7) is 6.49. The summed E-state index contributed by atoms with van der Waals surface area (Å²) in [7, 11) is 4.34. The highest BCUT2D eigenvalue weighted by atomic mass is 15.2. The van der Waals surface area contributed by atoms with Crippen LogP contribution in [0.15, 0.2) is 0 Å². The topological polar surface area (TPSA) is 18.5 Å². The average molecular weight is 253 g/mol. The second-order valence-electron chi connectivity index (χ2n) is 6.26. The van der Waals surface area contributed by atoms with Gasteiger partial charge < -0.3 is 15.1 Å². The van der Waals surface area contributed by atoms with Crippen LogP contribution in [0.2, 0.25) is 0 Å². The van der Waals surface area contributed by atoms with Crippen molar-refractivity contribution >= 4 is 0 Å². The van der Waals surface area contributed by atoms with Crippen LogP contribution in [0.5, 0.6) is 0 Å². The molecule has 3 heteroatoms. The van der Waals surface area contributed by atoms with E-state index in [-0.39, 0.29) is 0 Å². The zero-order valence-corrected chi connectivity index (χ0v) is 12.3. The average Bonchev–Trinajstić information content (AvgIpc) is 2.62. The van der Waals surface area contributed by atoms with E-state index in [1.165, 1.54) is 71.2 Å². The van der Waals surface area contributed by atoms with Crippen molar-refractivity contribution in [3.8, 4) is 0 Å². The molecule has 3 nitrogen and oxygen atoms in total. The molecule has 0 aromatic heterocycles. The van der Waals surface area contributed by atoms with Crippen LogP contribution in [0, 0.1) is 5.92 Å². The van der Waals surface area contributed by atoms with E-state index < -0.39 is 0 Å². The first-order chi connectivity index (χ1) is 8.79. The maximum absolute atomic E-state index is 3.28. The Morgan fingerprint density at radius 3 is 2.50 bits per heavy atom. The van der Waals surface area contributed by atoms with Gasteiger partial charge >= 0.3 is 0 Å². The highest BCUT2D eigenvalue weighted by molar-refractivity contribution is 4.81. The van der Waals surface area contributed by atoms with Gasteiger partial charge in [0.2, 0.25) is 0 Å². The van der Waals surface area contributed by atoms with E-state index in [9.17, 15) is 0 Å². The first-order valence-corrected chi connectivity index (χ1v) is 7.87. The molecule has 18 heavy (non-hydrogen) atoms. The van der Waals surface area contributed by atoms with Crippen LogP contribution in [0.3, 0.4) is 0 Å². The van der Waals surface area contributed by atoms with Crippen molar-refractivity contribution in [3.63, 3.8) is 0 Å². The molecule has 0 radical (unpaired) electrons. The summed E-state index contributed by atoms with van der Waals surface area (Å²) in [5.41, 5.74) is 0. The monoisotopic (exact) mass is 253 g/mol. The number of likely N-dealkylation sites (tertiary alicyclic amines) is 2. The van der Waals surface area contributed by atoms with Gasteiger partial charge in [0.05, 0.1) is 0 Å². The second kappa shape index (κ2) is 7.46. The quantitative estimate of drug-likeness (QED) is 0.824. The van der Waals surface area contributed by atoms with Crippen LogP contribution in [0.1, 0.15) is 38.5 Å². The molecule has 0 saturated carbocycles. The molecule has 0 spiro atoms. The minimum atomic E-state index is 0.875. The van der Waals surface area contributed by atoms with Gasteiger partial charge in [-0.3, -0.25) is 0 Å². The normalized spacial score (nSPS) is 29.3. The van der Waals surface area contributed by atoms with Gasteiger partial charge in [0.15, 0.2) is 0 Å². The van der Waals surface area contributed by atoms with Gasteiger partial charge in [0.25, 0.3) is 0 Å². The predicted molar refractivity (Wildman–Crippen MR) is 78.0 cm³/mol. The predicted octanol–water partition coefficient (Wildman–Crippen LogP) is 1.79. The van der Waals surface area contributed by atoms with Crippen LogP contribution < -0.4 is 5.32 Å². The van der Waals surface area contributed by atoms with Gasteiger partial charge in [-0.05, 0) is 91.3 Å². The number of nitrogens with one attached hydrogen (secondary N) is 1. The Labute approximate surface area is 113 Å². The molecule has 0 aromatic rings. The maximum atomic E-state index is 3.28. The van der Waals surface area contributed by atoms with Gasteiger partial charge in [-0.25, -0.2) is 0 Å². The van der Waals surface area contributed by atoms with Gasteiger partial charge in [0.1, 0.15) is 0 Å². The largest absolute Gasteiger partial charge is 0.320 e. The molecule has 2 aliphatic heterocycles. The second-order valence-corrected chi connectivity index (χ2v) is 6.26. The molecule has 2 fully saturated rings. The van der Waals surface area contributed by atoms with Gasteiger partial charge in [-0.15, -0.1) is 0 Å². The van der Waals surface area contributed by atoms with E-state index in [1.54, 1.807) is 0 Å². The fraction of sp³-hybridized carbons (Fsp3) is 1.00. The zero-order valence-electron chi connectivity index (χ0n) is 12.3. The van der Waals surface area contributed by atoms with Crippen LogP contribution in [-0.2, 0) is 0 Å². The third-order valence-corrected chi connectivity index (χ3v) is 4.89.